The van der Waals surface area contributed by atoms with Gasteiger partial charge < -0.3 is 15.5 Å². The van der Waals surface area contributed by atoms with Crippen molar-refractivity contribution in [1.29, 1.82) is 0 Å². The highest BCUT2D eigenvalue weighted by atomic mass is 32.2. The number of hydrogen-bond acceptors (Lipinski definition) is 6. The van der Waals surface area contributed by atoms with Gasteiger partial charge in [0.25, 0.3) is 5.91 Å². The van der Waals surface area contributed by atoms with E-state index >= 15 is 0 Å². The van der Waals surface area contributed by atoms with Crippen molar-refractivity contribution in [3.05, 3.63) is 76.2 Å². The Kier molecular flexibility index (Phi) is 6.88. The predicted octanol–water partition coefficient (Wildman–Crippen LogP) is 3.88. The monoisotopic (exact) mass is 454 g/mol. The molecule has 0 radical (unpaired) electrons. The number of rotatable bonds is 6. The fourth-order valence-electron chi connectivity index (χ4n) is 2.83. The molecule has 3 rings (SSSR count). The first-order valence-electron chi connectivity index (χ1n) is 9.09. The number of nitrogens with zero attached hydrogens (tertiary/aromatic N) is 1. The second-order valence-electron chi connectivity index (χ2n) is 6.65. The number of thioether (sulfide) groups is 1. The number of hydrogen-bond donors (Lipinski definition) is 3. The molecule has 158 valence electrons. The van der Waals surface area contributed by atoms with E-state index in [-0.39, 0.29) is 28.0 Å². The number of anilines is 1. The highest BCUT2D eigenvalue weighted by Crippen LogP contribution is 2.32. The summed E-state index contributed by atoms with van der Waals surface area (Å²) in [5, 5.41) is 21.1. The van der Waals surface area contributed by atoms with E-state index < -0.39 is 17.6 Å². The van der Waals surface area contributed by atoms with Gasteiger partial charge in [0.1, 0.15) is 22.2 Å². The van der Waals surface area contributed by atoms with Gasteiger partial charge in [-0.05, 0) is 42.3 Å². The fourth-order valence-corrected chi connectivity index (χ4v) is 4.13. The largest absolute Gasteiger partial charge is 0.507 e. The highest BCUT2D eigenvalue weighted by molar-refractivity contribution is 8.26. The third-order valence-electron chi connectivity index (χ3n) is 4.24. The molecule has 1 saturated heterocycles. The number of phenols is 1. The molecule has 0 saturated carbocycles. The third kappa shape index (κ3) is 5.59. The Hall–Kier alpha value is -3.43. The van der Waals surface area contributed by atoms with Crippen molar-refractivity contribution in [2.75, 3.05) is 11.9 Å². The topological polar surface area (TPSA) is 107 Å². The Balaban J connectivity index is 1.68. The van der Waals surface area contributed by atoms with E-state index in [9.17, 15) is 19.5 Å². The minimum atomic E-state index is -1.32. The van der Waals surface area contributed by atoms with Crippen LogP contribution in [0.1, 0.15) is 22.8 Å². The lowest BCUT2D eigenvalue weighted by Gasteiger charge is -2.14. The molecule has 0 aliphatic carbocycles. The van der Waals surface area contributed by atoms with Gasteiger partial charge in [-0.2, -0.15) is 0 Å². The van der Waals surface area contributed by atoms with Crippen LogP contribution in [-0.4, -0.2) is 43.8 Å². The number of nitrogens with one attached hydrogen (secondary N) is 1. The van der Waals surface area contributed by atoms with E-state index in [0.717, 1.165) is 29.0 Å². The van der Waals surface area contributed by atoms with Crippen LogP contribution in [0.5, 0.6) is 5.75 Å². The number of carbonyl (C=O) groups excluding carboxylic acids is 2. The molecule has 0 aromatic heterocycles. The molecule has 0 unspecified atom stereocenters. The number of carboxylic acid groups (broad SMARTS) is 1. The van der Waals surface area contributed by atoms with E-state index in [2.05, 4.69) is 5.32 Å². The Morgan fingerprint density at radius 3 is 2.58 bits per heavy atom. The zero-order chi connectivity index (χ0) is 22.5. The molecule has 1 heterocycles. The first-order valence-corrected chi connectivity index (χ1v) is 10.3. The lowest BCUT2D eigenvalue weighted by atomic mass is 10.1. The third-order valence-corrected chi connectivity index (χ3v) is 5.62. The van der Waals surface area contributed by atoms with Crippen molar-refractivity contribution in [3.8, 4) is 5.75 Å². The van der Waals surface area contributed by atoms with Crippen molar-refractivity contribution in [1.82, 2.24) is 4.90 Å². The highest BCUT2D eigenvalue weighted by Gasteiger charge is 2.33. The van der Waals surface area contributed by atoms with Gasteiger partial charge in [0.2, 0.25) is 5.91 Å². The zero-order valence-electron chi connectivity index (χ0n) is 16.4. The van der Waals surface area contributed by atoms with E-state index in [4.69, 9.17) is 17.3 Å². The molecule has 0 bridgehead atoms. The quantitative estimate of drug-likeness (QED) is 0.345. The van der Waals surface area contributed by atoms with Crippen LogP contribution in [0.4, 0.5) is 5.69 Å². The van der Waals surface area contributed by atoms with Crippen LogP contribution in [0.25, 0.3) is 6.08 Å². The maximum Gasteiger partial charge on any atom is 0.339 e. The Bertz CT molecular complexity index is 1130. The molecule has 1 aliphatic rings. The Labute approximate surface area is 188 Å². The van der Waals surface area contributed by atoms with Crippen molar-refractivity contribution in [3.63, 3.8) is 0 Å². The van der Waals surface area contributed by atoms with E-state index in [1.165, 1.54) is 17.0 Å². The number of benzene rings is 2. The molecule has 31 heavy (non-hydrogen) atoms. The molecular weight excluding hydrogens is 436 g/mol. The number of carboxylic acids is 1. The molecule has 9 heteroatoms. The first-order chi connectivity index (χ1) is 14.7. The number of aromatic hydroxyl groups is 1. The van der Waals surface area contributed by atoms with Crippen LogP contribution in [-0.2, 0) is 9.59 Å². The summed E-state index contributed by atoms with van der Waals surface area (Å²) in [4.78, 5) is 37.8. The van der Waals surface area contributed by atoms with Crippen LogP contribution in [0.2, 0.25) is 0 Å². The summed E-state index contributed by atoms with van der Waals surface area (Å²) in [6, 6.07) is 13.3. The fraction of sp³-hybridized carbons (Fsp3) is 0.0909. The van der Waals surface area contributed by atoms with Crippen molar-refractivity contribution >= 4 is 57.8 Å². The van der Waals surface area contributed by atoms with Gasteiger partial charge in [-0.1, -0.05) is 60.4 Å². The molecule has 0 spiro atoms. The first kappa shape index (κ1) is 22.3. The molecule has 2 aromatic carbocycles. The molecule has 1 fully saturated rings. The molecule has 7 nitrogen and oxygen atoms in total. The minimum Gasteiger partial charge on any atom is -0.507 e. The second-order valence-corrected chi connectivity index (χ2v) is 8.33. The molecular formula is C22H18N2O5S2. The number of thiocarbonyl (C=S) groups is 1. The van der Waals surface area contributed by atoms with Gasteiger partial charge in [0, 0.05) is 5.69 Å². The normalized spacial score (nSPS) is 15.5. The number of allylic oxidation sites excluding steroid dienone is 2. The molecule has 3 N–H and O–H groups in total. The smallest absolute Gasteiger partial charge is 0.339 e. The Morgan fingerprint density at radius 2 is 1.90 bits per heavy atom. The van der Waals surface area contributed by atoms with Crippen molar-refractivity contribution in [2.24, 2.45) is 0 Å². The van der Waals surface area contributed by atoms with Crippen molar-refractivity contribution < 1.29 is 24.6 Å². The van der Waals surface area contributed by atoms with Gasteiger partial charge in [-0.25, -0.2) is 4.79 Å². The van der Waals surface area contributed by atoms with Gasteiger partial charge in [-0.15, -0.1) is 0 Å². The van der Waals surface area contributed by atoms with E-state index in [0.29, 0.717) is 4.91 Å². The molecule has 1 aliphatic heterocycles. The maximum absolute atomic E-state index is 12.7. The average molecular weight is 455 g/mol. The summed E-state index contributed by atoms with van der Waals surface area (Å²) in [6.45, 7) is 1.56. The summed E-state index contributed by atoms with van der Waals surface area (Å²) < 4.78 is 0.260. The average Bonchev–Trinajstić information content (AvgIpc) is 2.97. The SMILES string of the molecule is CC(/C=C1\SC(=S)N(CC(=O)Nc2ccc(O)c(C(=O)O)c2)C1=O)=C\c1ccccc1. The maximum atomic E-state index is 12.7. The van der Waals surface area contributed by atoms with Gasteiger partial charge in [0.15, 0.2) is 0 Å². The van der Waals surface area contributed by atoms with Crippen molar-refractivity contribution in [2.45, 2.75) is 6.92 Å². The Morgan fingerprint density at radius 1 is 1.19 bits per heavy atom. The minimum absolute atomic E-state index is 0.183. The van der Waals surface area contributed by atoms with Gasteiger partial charge >= 0.3 is 5.97 Å². The summed E-state index contributed by atoms with van der Waals surface area (Å²) in [6.07, 6.45) is 3.66. The van der Waals surface area contributed by atoms with Gasteiger partial charge in [0.05, 0.1) is 4.91 Å². The molecule has 2 aromatic rings. The van der Waals surface area contributed by atoms with Crippen LogP contribution < -0.4 is 5.32 Å². The number of carbonyl (C=O) groups is 3. The number of amides is 2. The van der Waals surface area contributed by atoms with Crippen LogP contribution in [0.3, 0.4) is 0 Å². The zero-order valence-corrected chi connectivity index (χ0v) is 18.0. The summed E-state index contributed by atoms with van der Waals surface area (Å²) in [5.74, 6) is -2.65. The standard InChI is InChI=1S/C22H18N2O5S2/c1-13(9-14-5-3-2-4-6-14)10-18-20(27)24(22(30)31-18)12-19(26)23-15-7-8-17(25)16(11-15)21(28)29/h2-11,25H,12H2,1H3,(H,23,26)(H,28,29)/b13-9+,18-10-. The second kappa shape index (κ2) is 9.59. The van der Waals surface area contributed by atoms with Crippen LogP contribution in [0, 0.1) is 0 Å². The lowest BCUT2D eigenvalue weighted by molar-refractivity contribution is -0.126. The van der Waals surface area contributed by atoms with Gasteiger partial charge in [-0.3, -0.25) is 14.5 Å². The lowest BCUT2D eigenvalue weighted by Crippen LogP contribution is -2.36. The predicted molar refractivity (Wildman–Crippen MR) is 124 cm³/mol. The number of aromatic carboxylic acids is 1. The summed E-state index contributed by atoms with van der Waals surface area (Å²) in [7, 11) is 0. The van der Waals surface area contributed by atoms with E-state index in [1.54, 1.807) is 6.08 Å². The molecule has 0 atom stereocenters. The van der Waals surface area contributed by atoms with Crippen LogP contribution in [0.15, 0.2) is 65.1 Å². The van der Waals surface area contributed by atoms with Crippen LogP contribution >= 0.6 is 24.0 Å². The molecule has 2 amide bonds. The summed E-state index contributed by atoms with van der Waals surface area (Å²) in [5.41, 5.74) is 1.71. The van der Waals surface area contributed by atoms with E-state index in [1.807, 2.05) is 43.3 Å². The summed E-state index contributed by atoms with van der Waals surface area (Å²) >= 11 is 6.36.